The van der Waals surface area contributed by atoms with Gasteiger partial charge >= 0.3 is 0 Å². The zero-order valence-electron chi connectivity index (χ0n) is 18.5. The van der Waals surface area contributed by atoms with Crippen molar-refractivity contribution in [2.45, 2.75) is 58.0 Å². The minimum absolute atomic E-state index is 0.00825. The van der Waals surface area contributed by atoms with E-state index in [-0.39, 0.29) is 36.0 Å². The van der Waals surface area contributed by atoms with Gasteiger partial charge in [0.2, 0.25) is 11.8 Å². The highest BCUT2D eigenvalue weighted by molar-refractivity contribution is 7.99. The van der Waals surface area contributed by atoms with Gasteiger partial charge in [-0.2, -0.15) is 0 Å². The van der Waals surface area contributed by atoms with Crippen LogP contribution in [0.15, 0.2) is 42.5 Å². The van der Waals surface area contributed by atoms with Crippen molar-refractivity contribution in [3.05, 3.63) is 69.5 Å². The quantitative estimate of drug-likeness (QED) is 0.407. The van der Waals surface area contributed by atoms with Crippen molar-refractivity contribution in [3.63, 3.8) is 0 Å². The van der Waals surface area contributed by atoms with E-state index >= 15 is 0 Å². The molecular weight excluding hydrogens is 470 g/mol. The van der Waals surface area contributed by atoms with Gasteiger partial charge in [-0.15, -0.1) is 11.8 Å². The average molecular weight is 499 g/mol. The third-order valence-corrected chi connectivity index (χ3v) is 6.87. The lowest BCUT2D eigenvalue weighted by molar-refractivity contribution is -0.139. The fourth-order valence-corrected chi connectivity index (χ4v) is 4.36. The van der Waals surface area contributed by atoms with Crippen LogP contribution in [0.3, 0.4) is 0 Å². The number of hydrogen-bond acceptors (Lipinski definition) is 3. The third kappa shape index (κ3) is 7.68. The summed E-state index contributed by atoms with van der Waals surface area (Å²) in [6.07, 6.45) is 1.26. The number of amides is 2. The molecule has 0 aromatic heterocycles. The standard InChI is InChI=1S/C24H29Cl2FN2O2S/c1-4-16(3)28-24(31)22(5-2)29(13-17-10-11-19(25)20(26)12-17)23(30)15-32-14-18-8-6-7-9-21(18)27/h6-12,16,22H,4-5,13-15H2,1-3H3,(H,28,31). The number of nitrogens with zero attached hydrogens (tertiary/aromatic N) is 1. The summed E-state index contributed by atoms with van der Waals surface area (Å²) >= 11 is 13.5. The summed E-state index contributed by atoms with van der Waals surface area (Å²) in [5.41, 5.74) is 1.32. The third-order valence-electron chi connectivity index (χ3n) is 5.16. The van der Waals surface area contributed by atoms with Crippen LogP contribution in [-0.2, 0) is 21.9 Å². The molecular formula is C24H29Cl2FN2O2S. The Balaban J connectivity index is 2.18. The van der Waals surface area contributed by atoms with Gasteiger partial charge in [0.1, 0.15) is 11.9 Å². The molecule has 0 fully saturated rings. The largest absolute Gasteiger partial charge is 0.352 e. The first-order valence-electron chi connectivity index (χ1n) is 10.6. The van der Waals surface area contributed by atoms with Crippen molar-refractivity contribution >= 4 is 46.8 Å². The molecule has 2 atom stereocenters. The average Bonchev–Trinajstić information content (AvgIpc) is 2.77. The highest BCUT2D eigenvalue weighted by atomic mass is 35.5. The number of halogens is 3. The maximum absolute atomic E-state index is 13.9. The zero-order valence-corrected chi connectivity index (χ0v) is 20.9. The minimum Gasteiger partial charge on any atom is -0.352 e. The van der Waals surface area contributed by atoms with Gasteiger partial charge in [0.05, 0.1) is 15.8 Å². The zero-order chi connectivity index (χ0) is 23.7. The first-order valence-corrected chi connectivity index (χ1v) is 12.5. The fraction of sp³-hybridized carbons (Fsp3) is 0.417. The van der Waals surface area contributed by atoms with E-state index in [0.29, 0.717) is 27.8 Å². The summed E-state index contributed by atoms with van der Waals surface area (Å²) in [4.78, 5) is 27.7. The molecule has 2 unspecified atom stereocenters. The molecule has 0 aliphatic carbocycles. The molecule has 1 N–H and O–H groups in total. The van der Waals surface area contributed by atoms with Crippen LogP contribution in [0.1, 0.15) is 44.7 Å². The fourth-order valence-electron chi connectivity index (χ4n) is 3.14. The lowest BCUT2D eigenvalue weighted by Gasteiger charge is -2.31. The number of rotatable bonds is 11. The van der Waals surface area contributed by atoms with Crippen molar-refractivity contribution in [2.24, 2.45) is 0 Å². The van der Waals surface area contributed by atoms with Gasteiger partial charge in [0.25, 0.3) is 0 Å². The summed E-state index contributed by atoms with van der Waals surface area (Å²) in [5, 5.41) is 3.79. The topological polar surface area (TPSA) is 49.4 Å². The summed E-state index contributed by atoms with van der Waals surface area (Å²) in [6, 6.07) is 11.1. The Morgan fingerprint density at radius 2 is 1.81 bits per heavy atom. The van der Waals surface area contributed by atoms with Crippen LogP contribution in [0.5, 0.6) is 0 Å². The molecule has 2 aromatic rings. The molecule has 0 heterocycles. The predicted octanol–water partition coefficient (Wildman–Crippen LogP) is 6.09. The van der Waals surface area contributed by atoms with E-state index < -0.39 is 6.04 Å². The van der Waals surface area contributed by atoms with Crippen LogP contribution in [0.25, 0.3) is 0 Å². The Hall–Kier alpha value is -1.76. The SMILES string of the molecule is CCC(C)NC(=O)C(CC)N(Cc1ccc(Cl)c(Cl)c1)C(=O)CSCc1ccccc1F. The number of benzene rings is 2. The van der Waals surface area contributed by atoms with Crippen molar-refractivity contribution in [1.82, 2.24) is 10.2 Å². The van der Waals surface area contributed by atoms with Crippen molar-refractivity contribution in [1.29, 1.82) is 0 Å². The first kappa shape index (κ1) is 26.5. The van der Waals surface area contributed by atoms with Crippen molar-refractivity contribution in [3.8, 4) is 0 Å². The monoisotopic (exact) mass is 498 g/mol. The summed E-state index contributed by atoms with van der Waals surface area (Å²) in [6.45, 7) is 6.02. The molecule has 4 nitrogen and oxygen atoms in total. The Morgan fingerprint density at radius 1 is 1.09 bits per heavy atom. The minimum atomic E-state index is -0.625. The Kier molecular flexibility index (Phi) is 10.8. The van der Waals surface area contributed by atoms with E-state index in [4.69, 9.17) is 23.2 Å². The summed E-state index contributed by atoms with van der Waals surface area (Å²) in [7, 11) is 0. The Bertz CT molecular complexity index is 929. The molecule has 2 amide bonds. The number of hydrogen-bond donors (Lipinski definition) is 1. The molecule has 8 heteroatoms. The van der Waals surface area contributed by atoms with E-state index in [1.54, 1.807) is 41.3 Å². The molecule has 0 saturated carbocycles. The highest BCUT2D eigenvalue weighted by Crippen LogP contribution is 2.25. The highest BCUT2D eigenvalue weighted by Gasteiger charge is 2.29. The molecule has 2 aromatic carbocycles. The Labute approximate surface area is 203 Å². The predicted molar refractivity (Wildman–Crippen MR) is 132 cm³/mol. The van der Waals surface area contributed by atoms with Crippen LogP contribution in [0.2, 0.25) is 10.0 Å². The van der Waals surface area contributed by atoms with Crippen LogP contribution in [0, 0.1) is 5.82 Å². The molecule has 32 heavy (non-hydrogen) atoms. The lowest BCUT2D eigenvalue weighted by Crippen LogP contribution is -2.51. The maximum Gasteiger partial charge on any atom is 0.243 e. The number of carbonyl (C=O) groups is 2. The van der Waals surface area contributed by atoms with Crippen LogP contribution < -0.4 is 5.32 Å². The van der Waals surface area contributed by atoms with Crippen LogP contribution in [0.4, 0.5) is 4.39 Å². The van der Waals surface area contributed by atoms with Crippen LogP contribution >= 0.6 is 35.0 Å². The van der Waals surface area contributed by atoms with Gasteiger partial charge in [0.15, 0.2) is 0 Å². The van der Waals surface area contributed by atoms with Crippen molar-refractivity contribution in [2.75, 3.05) is 5.75 Å². The molecule has 0 aliphatic rings. The number of nitrogens with one attached hydrogen (secondary N) is 1. The van der Waals surface area contributed by atoms with Gasteiger partial charge in [0, 0.05) is 18.3 Å². The summed E-state index contributed by atoms with van der Waals surface area (Å²) in [5.74, 6) is -0.171. The second-order valence-electron chi connectivity index (χ2n) is 7.60. The van der Waals surface area contributed by atoms with Gasteiger partial charge in [-0.05, 0) is 49.1 Å². The van der Waals surface area contributed by atoms with E-state index in [1.807, 2.05) is 20.8 Å². The first-order chi connectivity index (χ1) is 15.3. The molecule has 0 spiro atoms. The molecule has 0 aliphatic heterocycles. The smallest absolute Gasteiger partial charge is 0.243 e. The molecule has 174 valence electrons. The van der Waals surface area contributed by atoms with Gasteiger partial charge in [-0.1, -0.05) is 61.3 Å². The van der Waals surface area contributed by atoms with E-state index in [1.165, 1.54) is 17.8 Å². The molecule has 0 saturated heterocycles. The van der Waals surface area contributed by atoms with Gasteiger partial charge in [-0.3, -0.25) is 9.59 Å². The van der Waals surface area contributed by atoms with E-state index in [0.717, 1.165) is 12.0 Å². The molecule has 0 radical (unpaired) electrons. The summed E-state index contributed by atoms with van der Waals surface area (Å²) < 4.78 is 13.9. The van der Waals surface area contributed by atoms with Gasteiger partial charge < -0.3 is 10.2 Å². The second kappa shape index (κ2) is 13.1. The van der Waals surface area contributed by atoms with E-state index in [2.05, 4.69) is 5.32 Å². The van der Waals surface area contributed by atoms with Crippen molar-refractivity contribution < 1.29 is 14.0 Å². The maximum atomic E-state index is 13.9. The Morgan fingerprint density at radius 3 is 2.44 bits per heavy atom. The lowest BCUT2D eigenvalue weighted by atomic mass is 10.1. The van der Waals surface area contributed by atoms with E-state index in [9.17, 15) is 14.0 Å². The molecule has 2 rings (SSSR count). The number of thioether (sulfide) groups is 1. The number of carbonyl (C=O) groups excluding carboxylic acids is 2. The normalized spacial score (nSPS) is 12.8. The van der Waals surface area contributed by atoms with Crippen LogP contribution in [-0.4, -0.2) is 34.6 Å². The molecule has 0 bridgehead atoms. The van der Waals surface area contributed by atoms with Gasteiger partial charge in [-0.25, -0.2) is 4.39 Å². The second-order valence-corrected chi connectivity index (χ2v) is 9.40.